The average molecular weight is 267 g/mol. The smallest absolute Gasteiger partial charge is 0.185 e. The van der Waals surface area contributed by atoms with Gasteiger partial charge in [-0.05, 0) is 41.8 Å². The molecule has 0 spiro atoms. The van der Waals surface area contributed by atoms with Crippen molar-refractivity contribution < 1.29 is 9.18 Å². The summed E-state index contributed by atoms with van der Waals surface area (Å²) in [5.41, 5.74) is 0.379. The second-order valence-corrected chi connectivity index (χ2v) is 4.73. The van der Waals surface area contributed by atoms with Crippen LogP contribution in [-0.2, 0) is 0 Å². The van der Waals surface area contributed by atoms with Gasteiger partial charge in [-0.15, -0.1) is 11.3 Å². The van der Waals surface area contributed by atoms with Crippen molar-refractivity contribution in [3.05, 3.63) is 63.1 Å². The number of allylic oxidation sites excluding steroid dienone is 1. The van der Waals surface area contributed by atoms with E-state index in [0.29, 0.717) is 5.56 Å². The summed E-state index contributed by atoms with van der Waals surface area (Å²) in [5, 5.41) is 1.89. The van der Waals surface area contributed by atoms with Crippen LogP contribution >= 0.6 is 22.9 Å². The van der Waals surface area contributed by atoms with Crippen LogP contribution in [0.25, 0.3) is 6.08 Å². The summed E-state index contributed by atoms with van der Waals surface area (Å²) in [6.07, 6.45) is 3.18. The highest BCUT2D eigenvalue weighted by atomic mass is 35.5. The van der Waals surface area contributed by atoms with Gasteiger partial charge in [-0.1, -0.05) is 17.7 Å². The number of hydrogen-bond donors (Lipinski definition) is 0. The third-order valence-electron chi connectivity index (χ3n) is 2.15. The lowest BCUT2D eigenvalue weighted by Crippen LogP contribution is -1.94. The Balaban J connectivity index is 2.17. The highest BCUT2D eigenvalue weighted by Crippen LogP contribution is 2.17. The maximum Gasteiger partial charge on any atom is 0.185 e. The van der Waals surface area contributed by atoms with E-state index in [9.17, 15) is 9.18 Å². The second kappa shape index (κ2) is 5.25. The number of hydrogen-bond acceptors (Lipinski definition) is 2. The van der Waals surface area contributed by atoms with Crippen molar-refractivity contribution in [2.75, 3.05) is 0 Å². The molecule has 0 radical (unpaired) electrons. The number of carbonyl (C=O) groups excluding carboxylic acids is 1. The first-order valence-corrected chi connectivity index (χ1v) is 6.13. The highest BCUT2D eigenvalue weighted by molar-refractivity contribution is 7.10. The van der Waals surface area contributed by atoms with E-state index in [4.69, 9.17) is 11.6 Å². The van der Waals surface area contributed by atoms with Gasteiger partial charge in [-0.3, -0.25) is 4.79 Å². The molecule has 1 nitrogen and oxygen atoms in total. The number of halogens is 2. The maximum absolute atomic E-state index is 12.9. The molecule has 1 aromatic carbocycles. The van der Waals surface area contributed by atoms with Crippen molar-refractivity contribution in [3.8, 4) is 0 Å². The van der Waals surface area contributed by atoms with Gasteiger partial charge in [0.15, 0.2) is 5.78 Å². The molecule has 0 amide bonds. The summed E-state index contributed by atoms with van der Waals surface area (Å²) >= 11 is 7.15. The zero-order valence-electron chi connectivity index (χ0n) is 8.69. The first-order chi connectivity index (χ1) is 8.16. The van der Waals surface area contributed by atoms with Gasteiger partial charge in [0.25, 0.3) is 0 Å². The molecule has 0 fully saturated rings. The topological polar surface area (TPSA) is 17.1 Å². The van der Waals surface area contributed by atoms with E-state index in [2.05, 4.69) is 0 Å². The van der Waals surface area contributed by atoms with Crippen molar-refractivity contribution in [1.82, 2.24) is 0 Å². The molecule has 0 aliphatic heterocycles. The molecule has 0 bridgehead atoms. The van der Waals surface area contributed by atoms with E-state index in [-0.39, 0.29) is 10.8 Å². The molecule has 1 heterocycles. The summed E-state index contributed by atoms with van der Waals surface area (Å²) in [7, 11) is 0. The number of benzene rings is 1. The van der Waals surface area contributed by atoms with Crippen molar-refractivity contribution in [3.63, 3.8) is 0 Å². The lowest BCUT2D eigenvalue weighted by atomic mass is 10.1. The van der Waals surface area contributed by atoms with Gasteiger partial charge in [0.1, 0.15) is 5.82 Å². The normalized spacial score (nSPS) is 10.9. The zero-order chi connectivity index (χ0) is 12.3. The second-order valence-electron chi connectivity index (χ2n) is 3.34. The predicted molar refractivity (Wildman–Crippen MR) is 69.1 cm³/mol. The SMILES string of the molecule is O=C(/C=C/c1cccs1)c1ccc(F)c(Cl)c1. The minimum atomic E-state index is -0.523. The molecule has 1 aromatic heterocycles. The molecule has 0 atom stereocenters. The zero-order valence-corrected chi connectivity index (χ0v) is 10.3. The first kappa shape index (κ1) is 12.0. The summed E-state index contributed by atoms with van der Waals surface area (Å²) in [5.74, 6) is -0.717. The lowest BCUT2D eigenvalue weighted by Gasteiger charge is -1.97. The Morgan fingerprint density at radius 3 is 2.82 bits per heavy atom. The number of thiophene rings is 1. The summed E-state index contributed by atoms with van der Waals surface area (Å²) in [6.45, 7) is 0. The van der Waals surface area contributed by atoms with E-state index in [0.717, 1.165) is 4.88 Å². The summed E-state index contributed by atoms with van der Waals surface area (Å²) in [6, 6.07) is 7.75. The summed E-state index contributed by atoms with van der Waals surface area (Å²) in [4.78, 5) is 12.7. The predicted octanol–water partition coefficient (Wildman–Crippen LogP) is 4.44. The molecule has 0 saturated heterocycles. The Morgan fingerprint density at radius 2 is 2.18 bits per heavy atom. The Morgan fingerprint density at radius 1 is 1.35 bits per heavy atom. The van der Waals surface area contributed by atoms with Crippen molar-refractivity contribution in [2.45, 2.75) is 0 Å². The quantitative estimate of drug-likeness (QED) is 0.593. The molecule has 86 valence electrons. The van der Waals surface area contributed by atoms with Crippen molar-refractivity contribution >= 4 is 34.8 Å². The van der Waals surface area contributed by atoms with Gasteiger partial charge in [-0.2, -0.15) is 0 Å². The van der Waals surface area contributed by atoms with Crippen LogP contribution in [0.15, 0.2) is 41.8 Å². The van der Waals surface area contributed by atoms with Gasteiger partial charge in [0.2, 0.25) is 0 Å². The molecule has 0 aliphatic carbocycles. The van der Waals surface area contributed by atoms with Crippen LogP contribution in [0.3, 0.4) is 0 Å². The van der Waals surface area contributed by atoms with Gasteiger partial charge in [0, 0.05) is 10.4 Å². The highest BCUT2D eigenvalue weighted by Gasteiger charge is 2.05. The fourth-order valence-electron chi connectivity index (χ4n) is 1.29. The molecular formula is C13H8ClFOS. The lowest BCUT2D eigenvalue weighted by molar-refractivity contribution is 0.104. The standard InChI is InChI=1S/C13H8ClFOS/c14-11-8-9(3-5-12(11)15)13(16)6-4-10-2-1-7-17-10/h1-8H/b6-4+. The van der Waals surface area contributed by atoms with E-state index in [1.165, 1.54) is 24.3 Å². The van der Waals surface area contributed by atoms with Gasteiger partial charge < -0.3 is 0 Å². The van der Waals surface area contributed by atoms with E-state index in [1.54, 1.807) is 17.4 Å². The Bertz CT molecular complexity index is 561. The Hall–Kier alpha value is -1.45. The van der Waals surface area contributed by atoms with Crippen LogP contribution in [-0.4, -0.2) is 5.78 Å². The molecule has 0 aliphatic rings. The van der Waals surface area contributed by atoms with Crippen LogP contribution in [0.1, 0.15) is 15.2 Å². The molecule has 0 unspecified atom stereocenters. The van der Waals surface area contributed by atoms with E-state index >= 15 is 0 Å². The average Bonchev–Trinajstić information content (AvgIpc) is 2.82. The van der Waals surface area contributed by atoms with E-state index < -0.39 is 5.82 Å². The number of rotatable bonds is 3. The van der Waals surface area contributed by atoms with Crippen LogP contribution in [0.4, 0.5) is 4.39 Å². The molecule has 2 rings (SSSR count). The van der Waals surface area contributed by atoms with Crippen LogP contribution in [0, 0.1) is 5.82 Å². The van der Waals surface area contributed by atoms with Crippen molar-refractivity contribution in [1.29, 1.82) is 0 Å². The van der Waals surface area contributed by atoms with Crippen molar-refractivity contribution in [2.24, 2.45) is 0 Å². The minimum Gasteiger partial charge on any atom is -0.289 e. The maximum atomic E-state index is 12.9. The monoisotopic (exact) mass is 266 g/mol. The molecule has 0 saturated carbocycles. The van der Waals surface area contributed by atoms with Gasteiger partial charge >= 0.3 is 0 Å². The van der Waals surface area contributed by atoms with E-state index in [1.807, 2.05) is 17.5 Å². The van der Waals surface area contributed by atoms with Crippen LogP contribution < -0.4 is 0 Å². The van der Waals surface area contributed by atoms with Gasteiger partial charge in [-0.25, -0.2) is 4.39 Å². The fourth-order valence-corrected chi connectivity index (χ4v) is 2.09. The fraction of sp³-hybridized carbons (Fsp3) is 0. The Labute approximate surface area is 107 Å². The van der Waals surface area contributed by atoms with Gasteiger partial charge in [0.05, 0.1) is 5.02 Å². The molecular weight excluding hydrogens is 259 g/mol. The molecule has 4 heteroatoms. The minimum absolute atomic E-state index is 0.0413. The number of carbonyl (C=O) groups is 1. The number of ketones is 1. The summed E-state index contributed by atoms with van der Waals surface area (Å²) < 4.78 is 12.9. The first-order valence-electron chi connectivity index (χ1n) is 4.88. The van der Waals surface area contributed by atoms with Crippen LogP contribution in [0.2, 0.25) is 5.02 Å². The molecule has 0 N–H and O–H groups in total. The molecule has 2 aromatic rings. The largest absolute Gasteiger partial charge is 0.289 e. The third kappa shape index (κ3) is 3.02. The molecule has 17 heavy (non-hydrogen) atoms. The van der Waals surface area contributed by atoms with Crippen LogP contribution in [0.5, 0.6) is 0 Å². The Kier molecular flexibility index (Phi) is 3.71. The third-order valence-corrected chi connectivity index (χ3v) is 3.27.